The molecule has 0 aliphatic carbocycles. The number of hydrogen-bond donors (Lipinski definition) is 1. The number of nitrogens with zero attached hydrogens (tertiary/aromatic N) is 2. The van der Waals surface area contributed by atoms with Gasteiger partial charge in [0.25, 0.3) is 0 Å². The van der Waals surface area contributed by atoms with Gasteiger partial charge in [0.05, 0.1) is 16.9 Å². The molecule has 0 radical (unpaired) electrons. The molecule has 1 unspecified atom stereocenters. The lowest BCUT2D eigenvalue weighted by atomic mass is 10.3. The van der Waals surface area contributed by atoms with Gasteiger partial charge >= 0.3 is 0 Å². The molecular weight excluding hydrogens is 186 g/mol. The number of aromatic nitrogens is 2. The SMILES string of the molecule is CC(N)c1cnc2c(Cl)cccn12. The van der Waals surface area contributed by atoms with Crippen molar-refractivity contribution >= 4 is 17.2 Å². The molecule has 0 aliphatic heterocycles. The van der Waals surface area contributed by atoms with Gasteiger partial charge in [0, 0.05) is 12.2 Å². The van der Waals surface area contributed by atoms with Crippen molar-refractivity contribution < 1.29 is 0 Å². The Morgan fingerprint density at radius 3 is 3.08 bits per heavy atom. The highest BCUT2D eigenvalue weighted by atomic mass is 35.5. The summed E-state index contributed by atoms with van der Waals surface area (Å²) in [7, 11) is 0. The Labute approximate surface area is 81.1 Å². The molecule has 0 aromatic carbocycles. The average molecular weight is 196 g/mol. The lowest BCUT2D eigenvalue weighted by Crippen LogP contribution is -2.07. The first-order valence-corrected chi connectivity index (χ1v) is 4.45. The van der Waals surface area contributed by atoms with Gasteiger partial charge in [0.2, 0.25) is 0 Å². The molecule has 4 heteroatoms. The molecule has 2 heterocycles. The van der Waals surface area contributed by atoms with Gasteiger partial charge in [0.15, 0.2) is 5.65 Å². The number of rotatable bonds is 1. The molecule has 0 saturated carbocycles. The van der Waals surface area contributed by atoms with Gasteiger partial charge in [-0.15, -0.1) is 0 Å². The molecule has 2 aromatic rings. The molecule has 0 fully saturated rings. The lowest BCUT2D eigenvalue weighted by molar-refractivity contribution is 0.769. The van der Waals surface area contributed by atoms with Crippen LogP contribution in [0.5, 0.6) is 0 Å². The quantitative estimate of drug-likeness (QED) is 0.757. The maximum atomic E-state index is 5.95. The minimum absolute atomic E-state index is 0.0338. The molecule has 1 atom stereocenters. The van der Waals surface area contributed by atoms with Gasteiger partial charge in [-0.2, -0.15) is 0 Å². The van der Waals surface area contributed by atoms with Crippen molar-refractivity contribution in [3.63, 3.8) is 0 Å². The topological polar surface area (TPSA) is 43.3 Å². The standard InChI is InChI=1S/C9H10ClN3/c1-6(11)8-5-12-9-7(10)3-2-4-13(8)9/h2-6H,11H2,1H3. The molecule has 0 bridgehead atoms. The Bertz CT molecular complexity index is 433. The van der Waals surface area contributed by atoms with E-state index < -0.39 is 0 Å². The van der Waals surface area contributed by atoms with E-state index in [4.69, 9.17) is 17.3 Å². The summed E-state index contributed by atoms with van der Waals surface area (Å²) in [5.74, 6) is 0. The van der Waals surface area contributed by atoms with Crippen LogP contribution >= 0.6 is 11.6 Å². The van der Waals surface area contributed by atoms with E-state index >= 15 is 0 Å². The fourth-order valence-corrected chi connectivity index (χ4v) is 1.55. The second-order valence-electron chi connectivity index (χ2n) is 3.02. The number of hydrogen-bond acceptors (Lipinski definition) is 2. The average Bonchev–Trinajstić information content (AvgIpc) is 2.48. The Hall–Kier alpha value is -1.06. The summed E-state index contributed by atoms with van der Waals surface area (Å²) in [5, 5.41) is 0.648. The molecule has 0 spiro atoms. The van der Waals surface area contributed by atoms with Crippen molar-refractivity contribution in [1.29, 1.82) is 0 Å². The van der Waals surface area contributed by atoms with Crippen LogP contribution < -0.4 is 5.73 Å². The summed E-state index contributed by atoms with van der Waals surface area (Å²) < 4.78 is 1.91. The predicted octanol–water partition coefficient (Wildman–Crippen LogP) is 2.01. The van der Waals surface area contributed by atoms with Gasteiger partial charge in [-0.1, -0.05) is 11.6 Å². The fourth-order valence-electron chi connectivity index (χ4n) is 1.33. The summed E-state index contributed by atoms with van der Waals surface area (Å²) >= 11 is 5.95. The largest absolute Gasteiger partial charge is 0.323 e. The van der Waals surface area contributed by atoms with Crippen LogP contribution in [0.15, 0.2) is 24.5 Å². The van der Waals surface area contributed by atoms with Crippen molar-refractivity contribution in [3.05, 3.63) is 35.2 Å². The predicted molar refractivity (Wildman–Crippen MR) is 52.8 cm³/mol. The summed E-state index contributed by atoms with van der Waals surface area (Å²) in [5.41, 5.74) is 7.50. The summed E-state index contributed by atoms with van der Waals surface area (Å²) in [6.45, 7) is 1.92. The second kappa shape index (κ2) is 3.01. The van der Waals surface area contributed by atoms with Crippen LogP contribution in [-0.4, -0.2) is 9.38 Å². The summed E-state index contributed by atoms with van der Waals surface area (Å²) in [6.07, 6.45) is 3.67. The third kappa shape index (κ3) is 1.30. The van der Waals surface area contributed by atoms with Crippen molar-refractivity contribution in [3.8, 4) is 0 Å². The first-order valence-electron chi connectivity index (χ1n) is 4.07. The third-order valence-electron chi connectivity index (χ3n) is 1.98. The Kier molecular flexibility index (Phi) is 1.98. The summed E-state index contributed by atoms with van der Waals surface area (Å²) in [4.78, 5) is 4.19. The van der Waals surface area contributed by atoms with E-state index in [0.29, 0.717) is 5.02 Å². The number of nitrogens with two attached hydrogens (primary N) is 1. The Morgan fingerprint density at radius 1 is 1.62 bits per heavy atom. The number of pyridine rings is 1. The zero-order valence-corrected chi connectivity index (χ0v) is 7.99. The number of halogens is 1. The van der Waals surface area contributed by atoms with Crippen LogP contribution in [-0.2, 0) is 0 Å². The highest BCUT2D eigenvalue weighted by molar-refractivity contribution is 6.33. The first kappa shape index (κ1) is 8.53. The van der Waals surface area contributed by atoms with E-state index in [-0.39, 0.29) is 6.04 Å². The molecule has 2 aromatic heterocycles. The van der Waals surface area contributed by atoms with Crippen LogP contribution in [0.25, 0.3) is 5.65 Å². The van der Waals surface area contributed by atoms with E-state index in [2.05, 4.69) is 4.98 Å². The molecule has 68 valence electrons. The molecule has 3 nitrogen and oxygen atoms in total. The van der Waals surface area contributed by atoms with E-state index in [0.717, 1.165) is 11.3 Å². The van der Waals surface area contributed by atoms with E-state index in [9.17, 15) is 0 Å². The smallest absolute Gasteiger partial charge is 0.155 e. The monoisotopic (exact) mass is 195 g/mol. The van der Waals surface area contributed by atoms with Crippen LogP contribution in [0.4, 0.5) is 0 Å². The fraction of sp³-hybridized carbons (Fsp3) is 0.222. The zero-order valence-electron chi connectivity index (χ0n) is 7.24. The van der Waals surface area contributed by atoms with Gasteiger partial charge < -0.3 is 10.1 Å². The second-order valence-corrected chi connectivity index (χ2v) is 3.43. The van der Waals surface area contributed by atoms with Crippen molar-refractivity contribution in [2.75, 3.05) is 0 Å². The maximum Gasteiger partial charge on any atom is 0.155 e. The maximum absolute atomic E-state index is 5.95. The van der Waals surface area contributed by atoms with Crippen molar-refractivity contribution in [1.82, 2.24) is 9.38 Å². The van der Waals surface area contributed by atoms with Crippen LogP contribution in [0.3, 0.4) is 0 Å². The lowest BCUT2D eigenvalue weighted by Gasteiger charge is -2.04. The van der Waals surface area contributed by atoms with E-state index in [1.807, 2.05) is 29.7 Å². The Morgan fingerprint density at radius 2 is 2.38 bits per heavy atom. The molecule has 13 heavy (non-hydrogen) atoms. The van der Waals surface area contributed by atoms with Crippen molar-refractivity contribution in [2.45, 2.75) is 13.0 Å². The van der Waals surface area contributed by atoms with Gasteiger partial charge in [-0.3, -0.25) is 0 Å². The number of fused-ring (bicyclic) bond motifs is 1. The normalized spacial score (nSPS) is 13.5. The van der Waals surface area contributed by atoms with Gasteiger partial charge in [-0.05, 0) is 19.1 Å². The van der Waals surface area contributed by atoms with Gasteiger partial charge in [0.1, 0.15) is 0 Å². The Balaban J connectivity index is 2.75. The van der Waals surface area contributed by atoms with Crippen LogP contribution in [0.1, 0.15) is 18.7 Å². The summed E-state index contributed by atoms with van der Waals surface area (Å²) in [6, 6.07) is 3.66. The van der Waals surface area contributed by atoms with E-state index in [1.165, 1.54) is 0 Å². The van der Waals surface area contributed by atoms with Gasteiger partial charge in [-0.25, -0.2) is 4.98 Å². The zero-order chi connectivity index (χ0) is 9.42. The highest BCUT2D eigenvalue weighted by Crippen LogP contribution is 2.19. The molecule has 0 aliphatic rings. The molecule has 0 saturated heterocycles. The minimum atomic E-state index is -0.0338. The minimum Gasteiger partial charge on any atom is -0.323 e. The number of imidazole rings is 1. The molecular formula is C9H10ClN3. The molecule has 2 N–H and O–H groups in total. The molecule has 2 rings (SSSR count). The van der Waals surface area contributed by atoms with E-state index in [1.54, 1.807) is 6.20 Å². The van der Waals surface area contributed by atoms with Crippen molar-refractivity contribution in [2.24, 2.45) is 5.73 Å². The molecule has 0 amide bonds. The van der Waals surface area contributed by atoms with Crippen LogP contribution in [0.2, 0.25) is 5.02 Å². The first-order chi connectivity index (χ1) is 6.20. The highest BCUT2D eigenvalue weighted by Gasteiger charge is 2.08. The third-order valence-corrected chi connectivity index (χ3v) is 2.28. The van der Waals surface area contributed by atoms with Crippen LogP contribution in [0, 0.1) is 0 Å².